The van der Waals surface area contributed by atoms with E-state index in [4.69, 9.17) is 21.4 Å². The minimum atomic E-state index is -5.21. The molecular weight excluding hydrogens is 711 g/mol. The van der Waals surface area contributed by atoms with Gasteiger partial charge in [0.2, 0.25) is 0 Å². The van der Waals surface area contributed by atoms with Crippen molar-refractivity contribution >= 4 is 23.5 Å². The van der Waals surface area contributed by atoms with Crippen LogP contribution in [0.5, 0.6) is 11.5 Å². The lowest BCUT2D eigenvalue weighted by Gasteiger charge is -2.36. The third kappa shape index (κ3) is 9.37. The zero-order valence-electron chi connectivity index (χ0n) is 25.2. The van der Waals surface area contributed by atoms with Crippen LogP contribution in [0.3, 0.4) is 0 Å². The summed E-state index contributed by atoms with van der Waals surface area (Å²) in [6, 6.07) is 11.5. The number of rotatable bonds is 14. The molecule has 0 aliphatic heterocycles. The Balaban J connectivity index is 1.88. The summed E-state index contributed by atoms with van der Waals surface area (Å²) in [5, 5.41) is 11.3. The van der Waals surface area contributed by atoms with Crippen LogP contribution >= 0.6 is 11.6 Å². The molecule has 0 unspecified atom stereocenters. The van der Waals surface area contributed by atoms with Gasteiger partial charge in [0.1, 0.15) is 28.7 Å². The first-order valence-electron chi connectivity index (χ1n) is 14.3. The van der Waals surface area contributed by atoms with Crippen LogP contribution in [0.4, 0.5) is 39.5 Å². The normalized spacial score (nSPS) is 13.1. The third-order valence-electron chi connectivity index (χ3n) is 7.09. The van der Waals surface area contributed by atoms with Gasteiger partial charge in [-0.05, 0) is 72.1 Å². The van der Waals surface area contributed by atoms with E-state index < -0.39 is 76.6 Å². The van der Waals surface area contributed by atoms with Crippen molar-refractivity contribution in [2.75, 3.05) is 6.61 Å². The lowest BCUT2D eigenvalue weighted by atomic mass is 9.80. The first-order valence-corrected chi connectivity index (χ1v) is 14.7. The van der Waals surface area contributed by atoms with E-state index in [1.165, 1.54) is 36.4 Å². The fraction of sp³-hybridized carbons (Fsp3) is 0.242. The molecule has 0 fully saturated rings. The summed E-state index contributed by atoms with van der Waals surface area (Å²) in [4.78, 5) is 28.7. The number of carbonyl (C=O) groups excluding carboxylic acids is 1. The second-order valence-corrected chi connectivity index (χ2v) is 11.2. The van der Waals surface area contributed by atoms with Crippen molar-refractivity contribution in [2.24, 2.45) is 0 Å². The van der Waals surface area contributed by atoms with Crippen LogP contribution < -0.4 is 14.8 Å². The second kappa shape index (κ2) is 15.3. The average Bonchev–Trinajstić information content (AvgIpc) is 3.02. The zero-order valence-corrected chi connectivity index (χ0v) is 26.0. The number of aliphatic carboxylic acids is 1. The van der Waals surface area contributed by atoms with Gasteiger partial charge < -0.3 is 19.9 Å². The molecule has 17 heteroatoms. The molecule has 50 heavy (non-hydrogen) atoms. The Morgan fingerprint density at radius 1 is 0.900 bits per heavy atom. The highest BCUT2D eigenvalue weighted by molar-refractivity contribution is 6.30. The molecule has 4 aromatic rings. The van der Waals surface area contributed by atoms with E-state index in [9.17, 15) is 44.7 Å². The number of carbonyl (C=O) groups is 2. The number of ether oxygens (including phenoxy) is 2. The monoisotopic (exact) mass is 734 g/mol. The number of alkyl halides is 7. The van der Waals surface area contributed by atoms with Crippen LogP contribution in [0, 0.1) is 11.6 Å². The van der Waals surface area contributed by atoms with Gasteiger partial charge in [0.05, 0.1) is 22.9 Å². The van der Waals surface area contributed by atoms with E-state index >= 15 is 4.39 Å². The first kappa shape index (κ1) is 37.8. The Labute approximate surface area is 282 Å². The number of nitrogens with zero attached hydrogens (tertiary/aromatic N) is 1. The summed E-state index contributed by atoms with van der Waals surface area (Å²) in [6.07, 6.45) is -14.0. The number of pyridine rings is 1. The molecule has 1 heterocycles. The Morgan fingerprint density at radius 3 is 2.20 bits per heavy atom. The van der Waals surface area contributed by atoms with Crippen molar-refractivity contribution < 1.29 is 63.7 Å². The van der Waals surface area contributed by atoms with Crippen LogP contribution in [0.15, 0.2) is 79.0 Å². The summed E-state index contributed by atoms with van der Waals surface area (Å²) in [7, 11) is 0. The molecule has 1 atom stereocenters. The molecule has 0 radical (unpaired) electrons. The van der Waals surface area contributed by atoms with Gasteiger partial charge in [-0.25, -0.2) is 8.78 Å². The lowest BCUT2D eigenvalue weighted by Crippen LogP contribution is -2.49. The van der Waals surface area contributed by atoms with Gasteiger partial charge in [0, 0.05) is 30.7 Å². The van der Waals surface area contributed by atoms with Crippen molar-refractivity contribution in [1.82, 2.24) is 10.3 Å². The maximum atomic E-state index is 15.1. The summed E-state index contributed by atoms with van der Waals surface area (Å²) in [5.41, 5.74) is -5.03. The number of hydrogen-bond donors (Lipinski definition) is 2. The lowest BCUT2D eigenvalue weighted by molar-refractivity contribution is -0.253. The molecule has 0 aliphatic carbocycles. The number of amides is 1. The molecule has 4 rings (SSSR count). The fourth-order valence-corrected chi connectivity index (χ4v) is 4.90. The van der Waals surface area contributed by atoms with Crippen molar-refractivity contribution in [1.29, 1.82) is 0 Å². The molecule has 3 aromatic carbocycles. The summed E-state index contributed by atoms with van der Waals surface area (Å²) in [6.45, 7) is 0.0350. The minimum Gasteiger partial charge on any atom is -0.494 e. The van der Waals surface area contributed by atoms with E-state index in [1.807, 2.05) is 0 Å². The van der Waals surface area contributed by atoms with Gasteiger partial charge in [-0.15, -0.1) is 0 Å². The number of aromatic nitrogens is 1. The number of benzene rings is 3. The van der Waals surface area contributed by atoms with Crippen molar-refractivity contribution in [3.63, 3.8) is 0 Å². The highest BCUT2D eigenvalue weighted by Crippen LogP contribution is 2.38. The van der Waals surface area contributed by atoms with Crippen molar-refractivity contribution in [2.45, 2.75) is 43.5 Å². The van der Waals surface area contributed by atoms with E-state index in [0.29, 0.717) is 23.8 Å². The smallest absolute Gasteiger partial charge is 0.461 e. The summed E-state index contributed by atoms with van der Waals surface area (Å²) < 4.78 is 133. The average molecular weight is 735 g/mol. The predicted octanol–water partition coefficient (Wildman–Crippen LogP) is 8.43. The van der Waals surface area contributed by atoms with Crippen molar-refractivity contribution in [3.05, 3.63) is 124 Å². The molecular formula is C33H24ClF9N2O5. The number of nitrogens with one attached hydrogen (secondary N) is 1. The number of hydrogen-bond acceptors (Lipinski definition) is 5. The largest absolute Gasteiger partial charge is 0.494 e. The predicted molar refractivity (Wildman–Crippen MR) is 159 cm³/mol. The Morgan fingerprint density at radius 2 is 1.60 bits per heavy atom. The SMILES string of the molecule is O=C(O)CCCOc1ccc(C[C@](NC(=O)c2ccc(F)c(C(F)(F)F)c2)(c2cc(F)cc(OC(F)(F)C(F)F)c2)c2ccc(Cl)cn2)cc1. The zero-order chi connectivity index (χ0) is 36.9. The standard InChI is InChI=1S/C33H24ClF9N2O5/c34-21-6-10-27(44-17-21)31(16-18-3-7-23(8-4-18)49-11-1-2-28(46)47,20-13-22(35)15-24(14-20)50-33(42,43)30(37)38)45-29(48)19-5-9-26(36)25(12-19)32(39,40)41/h3-10,12-15,17,30H,1-2,11,16H2,(H,45,48)(H,46,47)/t31-/m0/s1. The first-order chi connectivity index (χ1) is 23.4. The maximum Gasteiger partial charge on any atom is 0.461 e. The number of carboxylic acids is 1. The molecule has 1 amide bonds. The van der Waals surface area contributed by atoms with E-state index in [-0.39, 0.29) is 42.0 Å². The number of halogens is 10. The molecule has 0 saturated carbocycles. The van der Waals surface area contributed by atoms with Gasteiger partial charge in [-0.1, -0.05) is 23.7 Å². The van der Waals surface area contributed by atoms with Crippen LogP contribution in [0.1, 0.15) is 45.6 Å². The highest BCUT2D eigenvalue weighted by atomic mass is 35.5. The highest BCUT2D eigenvalue weighted by Gasteiger charge is 2.45. The molecule has 0 saturated heterocycles. The van der Waals surface area contributed by atoms with E-state index in [1.54, 1.807) is 0 Å². The molecule has 2 N–H and O–H groups in total. The van der Waals surface area contributed by atoms with Crippen LogP contribution in [-0.2, 0) is 22.9 Å². The van der Waals surface area contributed by atoms with Gasteiger partial charge >= 0.3 is 24.7 Å². The topological polar surface area (TPSA) is 97.8 Å². The van der Waals surface area contributed by atoms with Gasteiger partial charge in [-0.2, -0.15) is 30.7 Å². The summed E-state index contributed by atoms with van der Waals surface area (Å²) >= 11 is 6.01. The van der Waals surface area contributed by atoms with Gasteiger partial charge in [0.15, 0.2) is 0 Å². The third-order valence-corrected chi connectivity index (χ3v) is 7.32. The van der Waals surface area contributed by atoms with E-state index in [2.05, 4.69) is 15.0 Å². The van der Waals surface area contributed by atoms with Crippen molar-refractivity contribution in [3.8, 4) is 11.5 Å². The second-order valence-electron chi connectivity index (χ2n) is 10.7. The Kier molecular flexibility index (Phi) is 11.6. The quantitative estimate of drug-likeness (QED) is 0.0998. The molecule has 266 valence electrons. The molecule has 7 nitrogen and oxygen atoms in total. The van der Waals surface area contributed by atoms with Crippen LogP contribution in [0.25, 0.3) is 0 Å². The van der Waals surface area contributed by atoms with Gasteiger partial charge in [-0.3, -0.25) is 14.6 Å². The van der Waals surface area contributed by atoms with Crippen LogP contribution in [0.2, 0.25) is 5.02 Å². The van der Waals surface area contributed by atoms with E-state index in [0.717, 1.165) is 18.3 Å². The van der Waals surface area contributed by atoms with Crippen LogP contribution in [-0.4, -0.2) is 41.1 Å². The molecule has 0 aliphatic rings. The Hall–Kier alpha value is -4.99. The Bertz CT molecular complexity index is 1820. The fourth-order valence-electron chi connectivity index (χ4n) is 4.79. The molecule has 1 aromatic heterocycles. The summed E-state index contributed by atoms with van der Waals surface area (Å²) in [5.74, 6) is -6.14. The molecule has 0 spiro atoms. The minimum absolute atomic E-state index is 0.0350. The maximum absolute atomic E-state index is 15.1. The van der Waals surface area contributed by atoms with Gasteiger partial charge in [0.25, 0.3) is 5.91 Å². The molecule has 0 bridgehead atoms. The number of carboxylic acid groups (broad SMARTS) is 1.